The molecule has 0 aliphatic carbocycles. The second-order valence-corrected chi connectivity index (χ2v) is 19.6. The fourth-order valence-electron chi connectivity index (χ4n) is 8.37. The molecule has 418 valence electrons. The van der Waals surface area contributed by atoms with Gasteiger partial charge in [0, 0.05) is 12.8 Å². The van der Waals surface area contributed by atoms with Crippen LogP contribution in [-0.4, -0.2) is 89.2 Å². The van der Waals surface area contributed by atoms with Crippen molar-refractivity contribution in [3.05, 3.63) is 72.9 Å². The predicted molar refractivity (Wildman–Crippen MR) is 294 cm³/mol. The molecule has 0 aromatic heterocycles. The SMILES string of the molecule is CC/C=C\C/C=C\C/C=C\C/C=C\C/C=C\CC(=O)OC1C(OCC(COC(=O)CCCCCCCCCCCCCCCCCCC)OC(=O)CCCCCCC/C=C\CCCC)OC(C(=O)O)C(O)C1O. The van der Waals surface area contributed by atoms with E-state index in [2.05, 4.69) is 69.4 Å². The minimum atomic E-state index is -1.94. The number of unbranched alkanes of at least 4 members (excludes halogenated alkanes) is 23. The topological polar surface area (TPSA) is 175 Å². The van der Waals surface area contributed by atoms with E-state index in [1.165, 1.54) is 96.3 Å². The Bertz CT molecular complexity index is 1550. The lowest BCUT2D eigenvalue weighted by Crippen LogP contribution is -2.61. The molecule has 1 fully saturated rings. The second kappa shape index (κ2) is 49.1. The summed E-state index contributed by atoms with van der Waals surface area (Å²) >= 11 is 0. The third kappa shape index (κ3) is 39.3. The highest BCUT2D eigenvalue weighted by Gasteiger charge is 2.50. The lowest BCUT2D eigenvalue weighted by molar-refractivity contribution is -0.301. The molecule has 1 aliphatic heterocycles. The van der Waals surface area contributed by atoms with Gasteiger partial charge in [-0.3, -0.25) is 14.4 Å². The summed E-state index contributed by atoms with van der Waals surface area (Å²) in [6, 6.07) is 0. The summed E-state index contributed by atoms with van der Waals surface area (Å²) in [5.74, 6) is -3.29. The molecule has 1 rings (SSSR count). The van der Waals surface area contributed by atoms with Crippen LogP contribution in [0, 0.1) is 0 Å². The van der Waals surface area contributed by atoms with Crippen LogP contribution < -0.4 is 0 Å². The van der Waals surface area contributed by atoms with E-state index in [0.717, 1.165) is 83.5 Å². The van der Waals surface area contributed by atoms with Crippen LogP contribution in [0.15, 0.2) is 72.9 Å². The van der Waals surface area contributed by atoms with Gasteiger partial charge in [-0.2, -0.15) is 0 Å². The van der Waals surface area contributed by atoms with Gasteiger partial charge in [-0.1, -0.05) is 229 Å². The van der Waals surface area contributed by atoms with E-state index in [0.29, 0.717) is 19.3 Å². The molecular weight excluding hydrogens is 925 g/mol. The standard InChI is InChI=1S/C61H102O12/c1-4-7-10-13-16-19-22-24-26-27-29-30-33-35-38-41-44-47-53(62)69-50-52(71-54(63)48-45-42-39-36-32-21-18-15-12-9-6-3)51-70-61-59(57(66)56(65)58(73-61)60(67)68)72-55(64)49-46-43-40-37-34-31-28-25-23-20-17-14-11-8-5-2/h8,11,15,17-18,20,25,28,34,37,43,46,52,56-59,61,65-66H,4-7,9-10,12-14,16,19,21-24,26-27,29-33,35-36,38-42,44-45,47-51H2,1-3H3,(H,67,68)/b11-8-,18-15-,20-17-,28-25-,37-34-,46-43-. The first-order chi connectivity index (χ1) is 35.6. The van der Waals surface area contributed by atoms with E-state index in [9.17, 15) is 34.5 Å². The Kier molecular flexibility index (Phi) is 45.1. The number of carboxylic acid groups (broad SMARTS) is 1. The maximum absolute atomic E-state index is 13.1. The summed E-state index contributed by atoms with van der Waals surface area (Å²) in [6.45, 7) is 5.79. The van der Waals surface area contributed by atoms with Crippen LogP contribution >= 0.6 is 0 Å². The van der Waals surface area contributed by atoms with Crippen molar-refractivity contribution in [3.63, 3.8) is 0 Å². The molecule has 0 saturated carbocycles. The number of carbonyl (C=O) groups is 4. The summed E-state index contributed by atoms with van der Waals surface area (Å²) < 4.78 is 28.2. The normalized spacial score (nSPS) is 18.8. The summed E-state index contributed by atoms with van der Waals surface area (Å²) in [5, 5.41) is 31.4. The molecule has 0 radical (unpaired) electrons. The maximum atomic E-state index is 13.1. The van der Waals surface area contributed by atoms with Crippen molar-refractivity contribution in [2.45, 2.75) is 276 Å². The van der Waals surface area contributed by atoms with Crippen LogP contribution in [0.1, 0.15) is 239 Å². The lowest BCUT2D eigenvalue weighted by Gasteiger charge is -2.40. The maximum Gasteiger partial charge on any atom is 0.335 e. The predicted octanol–water partition coefficient (Wildman–Crippen LogP) is 14.6. The molecule has 1 aliphatic rings. The zero-order valence-electron chi connectivity index (χ0n) is 45.9. The average molecular weight is 1030 g/mol. The Labute approximate surface area is 442 Å². The van der Waals surface area contributed by atoms with Gasteiger partial charge in [-0.15, -0.1) is 0 Å². The van der Waals surface area contributed by atoms with Gasteiger partial charge in [0.15, 0.2) is 24.6 Å². The number of esters is 3. The molecule has 6 atom stereocenters. The Morgan fingerprint density at radius 3 is 1.41 bits per heavy atom. The molecular formula is C61H102O12. The highest BCUT2D eigenvalue weighted by molar-refractivity contribution is 5.74. The first kappa shape index (κ1) is 67.2. The van der Waals surface area contributed by atoms with Crippen molar-refractivity contribution in [1.29, 1.82) is 0 Å². The van der Waals surface area contributed by atoms with Gasteiger partial charge in [-0.25, -0.2) is 4.79 Å². The minimum Gasteiger partial charge on any atom is -0.479 e. The fraction of sp³-hybridized carbons (Fsp3) is 0.738. The third-order valence-electron chi connectivity index (χ3n) is 12.8. The Hall–Kier alpha value is -3.84. The summed E-state index contributed by atoms with van der Waals surface area (Å²) in [7, 11) is 0. The molecule has 0 amide bonds. The van der Waals surface area contributed by atoms with Crippen molar-refractivity contribution >= 4 is 23.9 Å². The molecule has 73 heavy (non-hydrogen) atoms. The van der Waals surface area contributed by atoms with Crippen LogP contribution in [0.3, 0.4) is 0 Å². The molecule has 6 unspecified atom stereocenters. The minimum absolute atomic E-state index is 0.141. The summed E-state index contributed by atoms with van der Waals surface area (Å²) in [5.41, 5.74) is 0. The number of carbonyl (C=O) groups excluding carboxylic acids is 3. The zero-order chi connectivity index (χ0) is 53.3. The van der Waals surface area contributed by atoms with E-state index < -0.39 is 67.3 Å². The van der Waals surface area contributed by atoms with Crippen LogP contribution in [0.2, 0.25) is 0 Å². The van der Waals surface area contributed by atoms with Gasteiger partial charge >= 0.3 is 23.9 Å². The van der Waals surface area contributed by atoms with Crippen LogP contribution in [0.5, 0.6) is 0 Å². The van der Waals surface area contributed by atoms with Gasteiger partial charge in [0.2, 0.25) is 0 Å². The monoisotopic (exact) mass is 1030 g/mol. The van der Waals surface area contributed by atoms with E-state index in [4.69, 9.17) is 23.7 Å². The molecule has 0 aromatic rings. The number of hydrogen-bond acceptors (Lipinski definition) is 11. The third-order valence-corrected chi connectivity index (χ3v) is 12.8. The number of allylic oxidation sites excluding steroid dienone is 11. The van der Waals surface area contributed by atoms with E-state index in [-0.39, 0.29) is 25.9 Å². The Morgan fingerprint density at radius 1 is 0.479 bits per heavy atom. The molecule has 0 bridgehead atoms. The number of hydrogen-bond donors (Lipinski definition) is 3. The lowest BCUT2D eigenvalue weighted by atomic mass is 9.98. The average Bonchev–Trinajstić information content (AvgIpc) is 3.37. The van der Waals surface area contributed by atoms with E-state index >= 15 is 0 Å². The molecule has 1 heterocycles. The van der Waals surface area contributed by atoms with Crippen molar-refractivity contribution in [2.75, 3.05) is 13.2 Å². The Morgan fingerprint density at radius 2 is 0.918 bits per heavy atom. The molecule has 12 heteroatoms. The van der Waals surface area contributed by atoms with Gasteiger partial charge < -0.3 is 39.0 Å². The van der Waals surface area contributed by atoms with E-state index in [1.54, 1.807) is 12.2 Å². The second-order valence-electron chi connectivity index (χ2n) is 19.6. The van der Waals surface area contributed by atoms with Crippen LogP contribution in [0.25, 0.3) is 0 Å². The molecule has 0 aromatic carbocycles. The largest absolute Gasteiger partial charge is 0.479 e. The molecule has 0 spiro atoms. The quantitative estimate of drug-likeness (QED) is 0.0228. The van der Waals surface area contributed by atoms with Crippen LogP contribution in [-0.2, 0) is 42.9 Å². The fourth-order valence-corrected chi connectivity index (χ4v) is 8.37. The number of rotatable bonds is 48. The first-order valence-corrected chi connectivity index (χ1v) is 28.9. The van der Waals surface area contributed by atoms with Gasteiger partial charge in [0.25, 0.3) is 0 Å². The van der Waals surface area contributed by atoms with Crippen LogP contribution in [0.4, 0.5) is 0 Å². The number of carboxylic acids is 1. The van der Waals surface area contributed by atoms with Crippen molar-refractivity contribution in [1.82, 2.24) is 0 Å². The highest BCUT2D eigenvalue weighted by Crippen LogP contribution is 2.26. The van der Waals surface area contributed by atoms with E-state index in [1.807, 2.05) is 12.2 Å². The Balaban J connectivity index is 2.72. The van der Waals surface area contributed by atoms with Crippen molar-refractivity contribution < 1.29 is 58.2 Å². The molecule has 3 N–H and O–H groups in total. The van der Waals surface area contributed by atoms with Crippen molar-refractivity contribution in [3.8, 4) is 0 Å². The number of aliphatic hydroxyl groups excluding tert-OH is 2. The summed E-state index contributed by atoms with van der Waals surface area (Å²) in [4.78, 5) is 50.9. The van der Waals surface area contributed by atoms with Crippen molar-refractivity contribution in [2.24, 2.45) is 0 Å². The number of aliphatic hydroxyl groups is 2. The zero-order valence-corrected chi connectivity index (χ0v) is 45.9. The smallest absolute Gasteiger partial charge is 0.335 e. The molecule has 1 saturated heterocycles. The first-order valence-electron chi connectivity index (χ1n) is 28.9. The van der Waals surface area contributed by atoms with Gasteiger partial charge in [0.05, 0.1) is 13.0 Å². The number of ether oxygens (including phenoxy) is 5. The highest BCUT2D eigenvalue weighted by atomic mass is 16.7. The van der Waals surface area contributed by atoms with Gasteiger partial charge in [0.1, 0.15) is 18.8 Å². The number of aliphatic carboxylic acids is 1. The molecule has 12 nitrogen and oxygen atoms in total. The van der Waals surface area contributed by atoms with Gasteiger partial charge in [-0.05, 0) is 64.2 Å². The summed E-state index contributed by atoms with van der Waals surface area (Å²) in [6.07, 6.45) is 49.1.